The molecule has 0 saturated carbocycles. The van der Waals surface area contributed by atoms with Crippen LogP contribution in [0.3, 0.4) is 0 Å². The Balaban J connectivity index is 1.80. The molecule has 3 aromatic rings. The van der Waals surface area contributed by atoms with Gasteiger partial charge in [0.05, 0.1) is 11.6 Å². The topological polar surface area (TPSA) is 127 Å². The number of aliphatic hydroxyl groups is 1. The van der Waals surface area contributed by atoms with Crippen molar-refractivity contribution in [1.29, 1.82) is 0 Å². The zero-order chi connectivity index (χ0) is 29.8. The number of nitrogens with two attached hydrogens (primary N) is 1. The number of nitrogens with one attached hydrogen (secondary N) is 1. The number of hydrogen-bond donors (Lipinski definition) is 3. The van der Waals surface area contributed by atoms with Gasteiger partial charge >= 0.3 is 6.09 Å². The molecule has 4 N–H and O–H groups in total. The molecular weight excluding hydrogens is 522 g/mol. The predicted octanol–water partition coefficient (Wildman–Crippen LogP) is 4.53. The van der Waals surface area contributed by atoms with Crippen molar-refractivity contribution in [2.45, 2.75) is 78.2 Å². The van der Waals surface area contributed by atoms with Gasteiger partial charge in [0, 0.05) is 18.1 Å². The van der Waals surface area contributed by atoms with Gasteiger partial charge in [-0.3, -0.25) is 4.79 Å². The maximum absolute atomic E-state index is 13.5. The molecule has 0 radical (unpaired) electrons. The fourth-order valence-corrected chi connectivity index (χ4v) is 3.81. The molecule has 40 heavy (non-hydrogen) atoms. The number of pyridine rings is 1. The highest BCUT2D eigenvalue weighted by molar-refractivity contribution is 6.00. The van der Waals surface area contributed by atoms with E-state index in [1.54, 1.807) is 65.8 Å². The number of halogens is 2. The number of nitrogens with zero attached hydrogens (tertiary/aromatic N) is 2. The minimum Gasteiger partial charge on any atom is -0.443 e. The molecular formula is C29H36F2N4O5. The van der Waals surface area contributed by atoms with Gasteiger partial charge in [0.15, 0.2) is 11.6 Å². The second-order valence-corrected chi connectivity index (χ2v) is 11.4. The molecule has 216 valence electrons. The van der Waals surface area contributed by atoms with E-state index in [4.69, 9.17) is 15.2 Å². The van der Waals surface area contributed by atoms with Crippen LogP contribution in [0.4, 0.5) is 19.4 Å². The lowest BCUT2D eigenvalue weighted by molar-refractivity contribution is -0.163. The second-order valence-electron chi connectivity index (χ2n) is 11.4. The largest absolute Gasteiger partial charge is 0.443 e. The lowest BCUT2D eigenvalue weighted by atomic mass is 10.1. The Morgan fingerprint density at radius 3 is 2.30 bits per heavy atom. The molecule has 0 aliphatic carbocycles. The standard InChI is InChI=1S/C29H36F2N4O5/c1-28(2,3)39-26(37)35(27(38)40-29(4,5)6)24-20-9-7-18(13-19(20)11-12-33-24)16-34-25(36)23(32)15-17-8-10-21(30)22(31)14-17/h7-14,23,26,37H,15-16,32H2,1-6H3,(H,34,36)/t23-,26?/m0/s1. The molecule has 0 aliphatic rings. The molecule has 3 rings (SSSR count). The highest BCUT2D eigenvalue weighted by atomic mass is 19.2. The molecule has 11 heteroatoms. The first-order chi connectivity index (χ1) is 18.5. The first-order valence-electron chi connectivity index (χ1n) is 12.8. The van der Waals surface area contributed by atoms with Crippen molar-refractivity contribution in [2.75, 3.05) is 4.90 Å². The van der Waals surface area contributed by atoms with Gasteiger partial charge in [-0.25, -0.2) is 23.5 Å². The first kappa shape index (κ1) is 30.9. The van der Waals surface area contributed by atoms with E-state index < -0.39 is 47.3 Å². The summed E-state index contributed by atoms with van der Waals surface area (Å²) < 4.78 is 37.8. The molecule has 0 spiro atoms. The van der Waals surface area contributed by atoms with Crippen molar-refractivity contribution >= 4 is 28.6 Å². The maximum atomic E-state index is 13.5. The van der Waals surface area contributed by atoms with E-state index in [9.17, 15) is 23.5 Å². The minimum absolute atomic E-state index is 0.0370. The van der Waals surface area contributed by atoms with Crippen LogP contribution >= 0.6 is 0 Å². The summed E-state index contributed by atoms with van der Waals surface area (Å²) in [5, 5.41) is 14.8. The number of ether oxygens (including phenoxy) is 2. The van der Waals surface area contributed by atoms with E-state index in [1.165, 1.54) is 12.3 Å². The highest BCUT2D eigenvalue weighted by Gasteiger charge is 2.34. The molecule has 0 saturated heterocycles. The average molecular weight is 559 g/mol. The fraction of sp³-hybridized carbons (Fsp3) is 0.414. The number of fused-ring (bicyclic) bond motifs is 1. The molecule has 9 nitrogen and oxygen atoms in total. The number of rotatable bonds is 8. The Hall–Kier alpha value is -3.67. The van der Waals surface area contributed by atoms with Gasteiger partial charge in [-0.1, -0.05) is 18.2 Å². The van der Waals surface area contributed by atoms with Crippen molar-refractivity contribution in [3.8, 4) is 0 Å². The summed E-state index contributed by atoms with van der Waals surface area (Å²) >= 11 is 0. The van der Waals surface area contributed by atoms with Crippen LogP contribution in [0.5, 0.6) is 0 Å². The predicted molar refractivity (Wildman–Crippen MR) is 147 cm³/mol. The van der Waals surface area contributed by atoms with E-state index in [1.807, 2.05) is 0 Å². The Bertz CT molecular complexity index is 1370. The van der Waals surface area contributed by atoms with Crippen LogP contribution in [-0.4, -0.2) is 45.7 Å². The van der Waals surface area contributed by atoms with Crippen LogP contribution in [0, 0.1) is 11.6 Å². The van der Waals surface area contributed by atoms with Gasteiger partial charge in [0.1, 0.15) is 11.4 Å². The number of amides is 2. The third-order valence-corrected chi connectivity index (χ3v) is 5.55. The van der Waals surface area contributed by atoms with Crippen molar-refractivity contribution in [3.05, 3.63) is 71.4 Å². The maximum Gasteiger partial charge on any atom is 0.420 e. The molecule has 0 fully saturated rings. The fourth-order valence-electron chi connectivity index (χ4n) is 3.81. The molecule has 2 amide bonds. The summed E-state index contributed by atoms with van der Waals surface area (Å²) in [6, 6.07) is 9.39. The molecule has 0 aliphatic heterocycles. The smallest absolute Gasteiger partial charge is 0.420 e. The summed E-state index contributed by atoms with van der Waals surface area (Å²) in [5.41, 5.74) is 5.49. The Kier molecular flexibility index (Phi) is 9.44. The monoisotopic (exact) mass is 558 g/mol. The zero-order valence-corrected chi connectivity index (χ0v) is 23.5. The van der Waals surface area contributed by atoms with E-state index in [0.717, 1.165) is 22.6 Å². The van der Waals surface area contributed by atoms with E-state index in [0.29, 0.717) is 16.3 Å². The lowest BCUT2D eigenvalue weighted by Crippen LogP contribution is -2.48. The van der Waals surface area contributed by atoms with Crippen LogP contribution in [-0.2, 0) is 27.2 Å². The normalized spacial score (nSPS) is 13.6. The van der Waals surface area contributed by atoms with Crippen molar-refractivity contribution in [1.82, 2.24) is 10.3 Å². The molecule has 1 aromatic heterocycles. The molecule has 0 bridgehead atoms. The molecule has 1 unspecified atom stereocenters. The number of aliphatic hydroxyl groups excluding tert-OH is 1. The minimum atomic E-state index is -1.68. The van der Waals surface area contributed by atoms with Gasteiger partial charge in [-0.2, -0.15) is 0 Å². The Morgan fingerprint density at radius 2 is 1.68 bits per heavy atom. The summed E-state index contributed by atoms with van der Waals surface area (Å²) in [6.45, 7) is 10.5. The van der Waals surface area contributed by atoms with Crippen molar-refractivity contribution in [3.63, 3.8) is 0 Å². The van der Waals surface area contributed by atoms with Gasteiger partial charge in [-0.05, 0) is 88.7 Å². The van der Waals surface area contributed by atoms with Crippen molar-refractivity contribution in [2.24, 2.45) is 5.73 Å². The highest BCUT2D eigenvalue weighted by Crippen LogP contribution is 2.29. The van der Waals surface area contributed by atoms with Gasteiger partial charge in [-0.15, -0.1) is 0 Å². The number of hydrogen-bond acceptors (Lipinski definition) is 7. The van der Waals surface area contributed by atoms with E-state index in [-0.39, 0.29) is 18.8 Å². The summed E-state index contributed by atoms with van der Waals surface area (Å²) in [4.78, 5) is 31.0. The third kappa shape index (κ3) is 8.41. The number of anilines is 1. The summed E-state index contributed by atoms with van der Waals surface area (Å²) in [6.07, 6.45) is -0.993. The number of benzene rings is 2. The SMILES string of the molecule is CC(C)(C)OC(=O)N(c1nccc2cc(CNC(=O)[C@@H](N)Cc3ccc(F)c(F)c3)ccc12)C(O)OC(C)(C)C. The summed E-state index contributed by atoms with van der Waals surface area (Å²) in [5.74, 6) is -2.30. The van der Waals surface area contributed by atoms with E-state index in [2.05, 4.69) is 10.3 Å². The average Bonchev–Trinajstić information content (AvgIpc) is 2.82. The number of carbonyl (C=O) groups is 2. The quantitative estimate of drug-likeness (QED) is 0.347. The van der Waals surface area contributed by atoms with Gasteiger partial charge in [0.2, 0.25) is 12.3 Å². The van der Waals surface area contributed by atoms with Crippen LogP contribution in [0.15, 0.2) is 48.7 Å². The molecule has 2 aromatic carbocycles. The van der Waals surface area contributed by atoms with Crippen LogP contribution in [0.1, 0.15) is 52.7 Å². The Labute approximate surface area is 232 Å². The van der Waals surface area contributed by atoms with Crippen LogP contribution in [0.2, 0.25) is 0 Å². The summed E-state index contributed by atoms with van der Waals surface area (Å²) in [7, 11) is 0. The lowest BCUT2D eigenvalue weighted by Gasteiger charge is -2.33. The first-order valence-corrected chi connectivity index (χ1v) is 12.8. The number of aromatic nitrogens is 1. The van der Waals surface area contributed by atoms with Crippen LogP contribution in [0.25, 0.3) is 10.8 Å². The van der Waals surface area contributed by atoms with Crippen molar-refractivity contribution < 1.29 is 33.0 Å². The zero-order valence-electron chi connectivity index (χ0n) is 23.5. The van der Waals surface area contributed by atoms with Gasteiger partial charge in [0.25, 0.3) is 0 Å². The van der Waals surface area contributed by atoms with Gasteiger partial charge < -0.3 is 25.6 Å². The molecule has 1 heterocycles. The van der Waals surface area contributed by atoms with Crippen LogP contribution < -0.4 is 16.0 Å². The second kappa shape index (κ2) is 12.2. The molecule has 2 atom stereocenters. The number of carbonyl (C=O) groups excluding carboxylic acids is 2. The Morgan fingerprint density at radius 1 is 1.00 bits per heavy atom. The van der Waals surface area contributed by atoms with E-state index >= 15 is 0 Å². The third-order valence-electron chi connectivity index (χ3n) is 5.55.